The summed E-state index contributed by atoms with van der Waals surface area (Å²) in [6.07, 6.45) is 0. The quantitative estimate of drug-likeness (QED) is 0.373. The van der Waals surface area contributed by atoms with Crippen LogP contribution in [0.3, 0.4) is 0 Å². The fraction of sp³-hybridized carbons (Fsp3) is 1.00. The number of nitrogens with one attached hydrogen (secondary N) is 2. The third-order valence-corrected chi connectivity index (χ3v) is 0.489. The molecule has 0 atom stereocenters. The third-order valence-electron chi connectivity index (χ3n) is 0.489. The molecule has 0 bridgehead atoms. The fourth-order valence-corrected chi connectivity index (χ4v) is 0.244. The summed E-state index contributed by atoms with van der Waals surface area (Å²) in [7, 11) is 0. The van der Waals surface area contributed by atoms with E-state index in [9.17, 15) is 0 Å². The SMILES string of the molecule is C1CNOON1. The zero-order valence-corrected chi connectivity index (χ0v) is 3.23. The Bertz CT molecular complexity index is 25.0. The number of hydrogen-bond donors (Lipinski definition) is 2. The molecule has 0 aromatic rings. The molecular weight excluding hydrogens is 84.0 g/mol. The lowest BCUT2D eigenvalue weighted by atomic mass is 10.7. The first-order chi connectivity index (χ1) is 3.00. The molecule has 1 aliphatic heterocycles. The topological polar surface area (TPSA) is 42.5 Å². The second-order valence-corrected chi connectivity index (χ2v) is 0.955. The molecule has 4 heteroatoms. The number of hydrogen-bond acceptors (Lipinski definition) is 4. The average Bonchev–Trinajstić information content (AvgIpc) is 1.72. The molecule has 1 fully saturated rings. The average molecular weight is 90.1 g/mol. The van der Waals surface area contributed by atoms with Gasteiger partial charge in [-0.2, -0.15) is 11.0 Å². The lowest BCUT2D eigenvalue weighted by Gasteiger charge is -2.09. The van der Waals surface area contributed by atoms with Gasteiger partial charge in [-0.15, -0.1) is 9.98 Å². The summed E-state index contributed by atoms with van der Waals surface area (Å²) in [5.41, 5.74) is 5.00. The highest BCUT2D eigenvalue weighted by Crippen LogP contribution is 1.70. The second-order valence-electron chi connectivity index (χ2n) is 0.955. The molecule has 0 saturated carbocycles. The Balaban J connectivity index is 2.00. The Labute approximate surface area is 35.3 Å². The van der Waals surface area contributed by atoms with Gasteiger partial charge in [-0.05, 0) is 0 Å². The van der Waals surface area contributed by atoms with Crippen LogP contribution in [0.2, 0.25) is 0 Å². The summed E-state index contributed by atoms with van der Waals surface area (Å²) < 4.78 is 0. The van der Waals surface area contributed by atoms with Gasteiger partial charge in [0.2, 0.25) is 0 Å². The Kier molecular flexibility index (Phi) is 1.40. The highest BCUT2D eigenvalue weighted by molar-refractivity contribution is 4.34. The van der Waals surface area contributed by atoms with Crippen molar-refractivity contribution in [3.63, 3.8) is 0 Å². The van der Waals surface area contributed by atoms with Gasteiger partial charge in [-0.25, -0.2) is 0 Å². The Morgan fingerprint density at radius 2 is 1.50 bits per heavy atom. The molecular formula is C2H6N2O2. The largest absolute Gasteiger partial charge is 0.167 e. The molecule has 36 valence electrons. The summed E-state index contributed by atoms with van der Waals surface area (Å²) in [5.74, 6) is 0. The molecule has 6 heavy (non-hydrogen) atoms. The lowest BCUT2D eigenvalue weighted by molar-refractivity contribution is -0.391. The van der Waals surface area contributed by atoms with Crippen molar-refractivity contribution in [2.45, 2.75) is 0 Å². The highest BCUT2D eigenvalue weighted by Gasteiger charge is 1.92. The van der Waals surface area contributed by atoms with Crippen molar-refractivity contribution in [2.24, 2.45) is 0 Å². The van der Waals surface area contributed by atoms with Gasteiger partial charge < -0.3 is 0 Å². The fourth-order valence-electron chi connectivity index (χ4n) is 0.244. The summed E-state index contributed by atoms with van der Waals surface area (Å²) in [4.78, 5) is 8.42. The first kappa shape index (κ1) is 4.01. The Morgan fingerprint density at radius 3 is 1.67 bits per heavy atom. The molecule has 1 heterocycles. The van der Waals surface area contributed by atoms with Crippen molar-refractivity contribution in [2.75, 3.05) is 13.1 Å². The first-order valence-electron chi connectivity index (χ1n) is 1.78. The van der Waals surface area contributed by atoms with Gasteiger partial charge in [-0.3, -0.25) is 0 Å². The van der Waals surface area contributed by atoms with Gasteiger partial charge in [0.25, 0.3) is 0 Å². The molecule has 1 aliphatic rings. The summed E-state index contributed by atoms with van der Waals surface area (Å²) >= 11 is 0. The standard InChI is InChI=1S/C2H6N2O2/c1-2-4-6-5-3-1/h3-4H,1-2H2. The van der Waals surface area contributed by atoms with Gasteiger partial charge >= 0.3 is 0 Å². The van der Waals surface area contributed by atoms with Gasteiger partial charge in [-0.1, -0.05) is 0 Å². The summed E-state index contributed by atoms with van der Waals surface area (Å²) in [6.45, 7) is 1.58. The van der Waals surface area contributed by atoms with Crippen LogP contribution in [0.25, 0.3) is 0 Å². The van der Waals surface area contributed by atoms with Crippen LogP contribution < -0.4 is 11.0 Å². The van der Waals surface area contributed by atoms with Crippen LogP contribution in [0.4, 0.5) is 0 Å². The van der Waals surface area contributed by atoms with Crippen molar-refractivity contribution in [1.29, 1.82) is 0 Å². The number of rotatable bonds is 0. The Hall–Kier alpha value is -0.160. The molecule has 0 unspecified atom stereocenters. The van der Waals surface area contributed by atoms with E-state index < -0.39 is 0 Å². The van der Waals surface area contributed by atoms with Crippen molar-refractivity contribution < 1.29 is 9.98 Å². The van der Waals surface area contributed by atoms with Crippen LogP contribution in [0.1, 0.15) is 0 Å². The maximum absolute atomic E-state index is 4.21. The molecule has 4 nitrogen and oxygen atoms in total. The van der Waals surface area contributed by atoms with E-state index in [4.69, 9.17) is 0 Å². The van der Waals surface area contributed by atoms with Crippen molar-refractivity contribution >= 4 is 0 Å². The summed E-state index contributed by atoms with van der Waals surface area (Å²) in [6, 6.07) is 0. The zero-order valence-electron chi connectivity index (χ0n) is 3.23. The predicted octanol–water partition coefficient (Wildman–Crippen LogP) is -1.04. The van der Waals surface area contributed by atoms with Crippen LogP contribution in [-0.2, 0) is 9.98 Å². The predicted molar refractivity (Wildman–Crippen MR) is 18.2 cm³/mol. The van der Waals surface area contributed by atoms with E-state index in [0.717, 1.165) is 13.1 Å². The monoisotopic (exact) mass is 90.0 g/mol. The minimum atomic E-state index is 0.792. The van der Waals surface area contributed by atoms with E-state index in [2.05, 4.69) is 20.9 Å². The Morgan fingerprint density at radius 1 is 1.00 bits per heavy atom. The molecule has 0 amide bonds. The zero-order chi connectivity index (χ0) is 4.24. The van der Waals surface area contributed by atoms with Crippen molar-refractivity contribution in [3.05, 3.63) is 0 Å². The molecule has 0 aliphatic carbocycles. The molecule has 0 aromatic carbocycles. The highest BCUT2D eigenvalue weighted by atomic mass is 17.3. The van der Waals surface area contributed by atoms with Crippen LogP contribution in [0.15, 0.2) is 0 Å². The smallest absolute Gasteiger partial charge is 0.0390 e. The van der Waals surface area contributed by atoms with Crippen LogP contribution in [-0.4, -0.2) is 13.1 Å². The normalized spacial score (nSPS) is 24.0. The van der Waals surface area contributed by atoms with Gasteiger partial charge in [0, 0.05) is 13.1 Å². The molecule has 0 spiro atoms. The van der Waals surface area contributed by atoms with E-state index in [1.54, 1.807) is 0 Å². The maximum atomic E-state index is 4.21. The minimum absolute atomic E-state index is 0.792. The van der Waals surface area contributed by atoms with Crippen molar-refractivity contribution in [1.82, 2.24) is 11.0 Å². The van der Waals surface area contributed by atoms with Crippen LogP contribution >= 0.6 is 0 Å². The molecule has 2 N–H and O–H groups in total. The molecule has 0 radical (unpaired) electrons. The van der Waals surface area contributed by atoms with Gasteiger partial charge in [0.05, 0.1) is 0 Å². The third kappa shape index (κ3) is 0.908. The second kappa shape index (κ2) is 2.09. The molecule has 1 saturated heterocycles. The van der Waals surface area contributed by atoms with E-state index in [0.29, 0.717) is 0 Å². The maximum Gasteiger partial charge on any atom is 0.0390 e. The van der Waals surface area contributed by atoms with Gasteiger partial charge in [0.1, 0.15) is 0 Å². The minimum Gasteiger partial charge on any atom is -0.167 e. The molecule has 0 aromatic heterocycles. The van der Waals surface area contributed by atoms with Crippen molar-refractivity contribution in [3.8, 4) is 0 Å². The van der Waals surface area contributed by atoms with E-state index in [-0.39, 0.29) is 0 Å². The molecule has 1 rings (SSSR count). The summed E-state index contributed by atoms with van der Waals surface area (Å²) in [5, 5.41) is 0. The van der Waals surface area contributed by atoms with Crippen LogP contribution in [0, 0.1) is 0 Å². The van der Waals surface area contributed by atoms with E-state index in [1.165, 1.54) is 0 Å². The first-order valence-corrected chi connectivity index (χ1v) is 1.78. The van der Waals surface area contributed by atoms with Gasteiger partial charge in [0.15, 0.2) is 0 Å². The van der Waals surface area contributed by atoms with E-state index in [1.807, 2.05) is 0 Å². The van der Waals surface area contributed by atoms with E-state index >= 15 is 0 Å². The lowest BCUT2D eigenvalue weighted by Crippen LogP contribution is -2.35. The van der Waals surface area contributed by atoms with Crippen LogP contribution in [0.5, 0.6) is 0 Å². The number of hydroxylamine groups is 2.